The van der Waals surface area contributed by atoms with Crippen molar-refractivity contribution in [3.63, 3.8) is 0 Å². The van der Waals surface area contributed by atoms with Crippen molar-refractivity contribution in [3.05, 3.63) is 15.6 Å². The summed E-state index contributed by atoms with van der Waals surface area (Å²) >= 11 is 1.38. The van der Waals surface area contributed by atoms with Gasteiger partial charge in [0, 0.05) is 43.1 Å². The number of nitrogens with one attached hydrogen (secondary N) is 2. The third-order valence-electron chi connectivity index (χ3n) is 4.89. The van der Waals surface area contributed by atoms with Gasteiger partial charge in [0.15, 0.2) is 5.01 Å². The van der Waals surface area contributed by atoms with E-state index in [1.54, 1.807) is 0 Å². The van der Waals surface area contributed by atoms with E-state index in [1.807, 2.05) is 7.05 Å². The van der Waals surface area contributed by atoms with Crippen LogP contribution in [0.15, 0.2) is 0 Å². The van der Waals surface area contributed by atoms with Crippen LogP contribution in [0, 0.1) is 5.92 Å². The minimum absolute atomic E-state index is 0.0484. The summed E-state index contributed by atoms with van der Waals surface area (Å²) in [6.45, 7) is 1.65. The minimum atomic E-state index is -1.07. The molecule has 0 spiro atoms. The van der Waals surface area contributed by atoms with E-state index < -0.39 is 17.9 Å². The molecule has 3 rings (SSSR count). The van der Waals surface area contributed by atoms with Crippen molar-refractivity contribution >= 4 is 29.1 Å². The first-order chi connectivity index (χ1) is 12.4. The number of likely N-dealkylation sites (N-methyl/N-ethyl adjacent to an activating group) is 1. The fourth-order valence-corrected chi connectivity index (χ4v) is 4.59. The maximum absolute atomic E-state index is 12.6. The van der Waals surface area contributed by atoms with Gasteiger partial charge in [-0.05, 0) is 25.8 Å². The lowest BCUT2D eigenvalue weighted by Gasteiger charge is -2.21. The molecule has 142 valence electrons. The van der Waals surface area contributed by atoms with Crippen LogP contribution in [-0.2, 0) is 22.6 Å². The van der Waals surface area contributed by atoms with Crippen LogP contribution in [0.3, 0.4) is 0 Å². The van der Waals surface area contributed by atoms with Crippen LogP contribution in [0.5, 0.6) is 0 Å². The average Bonchev–Trinajstić information content (AvgIpc) is 3.18. The summed E-state index contributed by atoms with van der Waals surface area (Å²) in [7, 11) is 2.03. The third kappa shape index (κ3) is 4.02. The lowest BCUT2D eigenvalue weighted by molar-refractivity contribution is -0.137. The van der Waals surface area contributed by atoms with Gasteiger partial charge >= 0.3 is 11.8 Å². The molecule has 9 nitrogen and oxygen atoms in total. The fourth-order valence-electron chi connectivity index (χ4n) is 3.50. The number of nitrogens with zero attached hydrogens (tertiary/aromatic N) is 2. The van der Waals surface area contributed by atoms with Crippen molar-refractivity contribution in [2.24, 2.45) is 11.7 Å². The molecule has 26 heavy (non-hydrogen) atoms. The summed E-state index contributed by atoms with van der Waals surface area (Å²) in [6, 6.07) is -0.830. The number of amides is 3. The molecular weight excluding hydrogens is 358 g/mol. The number of rotatable bonds is 4. The Hall–Kier alpha value is -2.04. The van der Waals surface area contributed by atoms with Crippen LogP contribution in [0.4, 0.5) is 0 Å². The van der Waals surface area contributed by atoms with Gasteiger partial charge < -0.3 is 26.4 Å². The van der Waals surface area contributed by atoms with Crippen molar-refractivity contribution in [1.29, 1.82) is 0 Å². The second kappa shape index (κ2) is 7.68. The number of aliphatic hydroxyl groups excluding tert-OH is 1. The van der Waals surface area contributed by atoms with Gasteiger partial charge in [-0.3, -0.25) is 14.4 Å². The molecule has 1 aliphatic heterocycles. The Kier molecular flexibility index (Phi) is 5.54. The van der Waals surface area contributed by atoms with Crippen LogP contribution in [0.25, 0.3) is 0 Å². The van der Waals surface area contributed by atoms with Crippen molar-refractivity contribution in [1.82, 2.24) is 20.5 Å². The zero-order chi connectivity index (χ0) is 18.8. The van der Waals surface area contributed by atoms with Gasteiger partial charge in [0.05, 0.1) is 5.69 Å². The smallest absolute Gasteiger partial charge is 0.309 e. The lowest BCUT2D eigenvalue weighted by Crippen LogP contribution is -2.51. The first kappa shape index (κ1) is 18.7. The van der Waals surface area contributed by atoms with Crippen LogP contribution in [-0.4, -0.2) is 65.0 Å². The maximum Gasteiger partial charge on any atom is 0.309 e. The summed E-state index contributed by atoms with van der Waals surface area (Å²) in [4.78, 5) is 42.9. The SMILES string of the molecule is CN1CCc2nc(C(=O)N[C@@H]3C[C@H](CO)C[C@H]3NC(=O)C(N)=O)sc2C1. The van der Waals surface area contributed by atoms with E-state index >= 15 is 0 Å². The van der Waals surface area contributed by atoms with Crippen molar-refractivity contribution in [3.8, 4) is 0 Å². The van der Waals surface area contributed by atoms with E-state index in [4.69, 9.17) is 5.73 Å². The first-order valence-corrected chi connectivity index (χ1v) is 9.38. The van der Waals surface area contributed by atoms with Gasteiger partial charge in [-0.15, -0.1) is 11.3 Å². The number of thiazole rings is 1. The topological polar surface area (TPSA) is 138 Å². The molecule has 0 aromatic carbocycles. The summed E-state index contributed by atoms with van der Waals surface area (Å²) in [5.74, 6) is -2.31. The van der Waals surface area contributed by atoms with Gasteiger partial charge in [0.25, 0.3) is 5.91 Å². The van der Waals surface area contributed by atoms with Gasteiger partial charge in [-0.2, -0.15) is 0 Å². The molecule has 1 saturated carbocycles. The Morgan fingerprint density at radius 3 is 2.65 bits per heavy atom. The molecule has 0 unspecified atom stereocenters. The van der Waals surface area contributed by atoms with Gasteiger partial charge in [-0.25, -0.2) is 4.98 Å². The van der Waals surface area contributed by atoms with Gasteiger partial charge in [0.2, 0.25) is 0 Å². The van der Waals surface area contributed by atoms with Crippen LogP contribution >= 0.6 is 11.3 Å². The van der Waals surface area contributed by atoms with Crippen LogP contribution in [0.1, 0.15) is 33.2 Å². The Morgan fingerprint density at radius 1 is 1.31 bits per heavy atom. The van der Waals surface area contributed by atoms with Crippen LogP contribution in [0.2, 0.25) is 0 Å². The predicted molar refractivity (Wildman–Crippen MR) is 94.3 cm³/mol. The van der Waals surface area contributed by atoms with E-state index in [0.717, 1.165) is 30.1 Å². The standard InChI is InChI=1S/C16H23N5O4S/c1-21-3-2-9-12(6-21)26-16(20-9)15(25)19-11-5-8(7-22)4-10(11)18-14(24)13(17)23/h8,10-11,22H,2-7H2,1H3,(H2,17,23)(H,18,24)(H,19,25)/t8-,10-,11-/m1/s1. The highest BCUT2D eigenvalue weighted by atomic mass is 32.1. The number of aromatic nitrogens is 1. The molecule has 2 heterocycles. The Balaban J connectivity index is 1.68. The van der Waals surface area contributed by atoms with E-state index in [-0.39, 0.29) is 24.5 Å². The third-order valence-corrected chi connectivity index (χ3v) is 5.97. The van der Waals surface area contributed by atoms with E-state index in [9.17, 15) is 19.5 Å². The van der Waals surface area contributed by atoms with E-state index in [2.05, 4.69) is 20.5 Å². The fraction of sp³-hybridized carbons (Fsp3) is 0.625. The number of primary amides is 1. The molecule has 0 saturated heterocycles. The summed E-state index contributed by atoms with van der Waals surface area (Å²) < 4.78 is 0. The summed E-state index contributed by atoms with van der Waals surface area (Å²) in [6.07, 6.45) is 1.81. The molecule has 0 bridgehead atoms. The molecule has 5 N–H and O–H groups in total. The quantitative estimate of drug-likeness (QED) is 0.474. The number of carbonyl (C=O) groups is 3. The monoisotopic (exact) mass is 381 g/mol. The minimum Gasteiger partial charge on any atom is -0.396 e. The number of aliphatic hydroxyl groups is 1. The van der Waals surface area contributed by atoms with Crippen LogP contribution < -0.4 is 16.4 Å². The van der Waals surface area contributed by atoms with Crippen molar-refractivity contribution in [2.45, 2.75) is 37.9 Å². The molecular formula is C16H23N5O4S. The van der Waals surface area contributed by atoms with E-state index in [0.29, 0.717) is 17.8 Å². The predicted octanol–water partition coefficient (Wildman–Crippen LogP) is -1.40. The number of fused-ring (bicyclic) bond motifs is 1. The normalized spacial score (nSPS) is 25.5. The lowest BCUT2D eigenvalue weighted by atomic mass is 10.1. The number of hydrogen-bond donors (Lipinski definition) is 4. The number of nitrogens with two attached hydrogens (primary N) is 1. The first-order valence-electron chi connectivity index (χ1n) is 8.56. The molecule has 1 aliphatic carbocycles. The molecule has 0 radical (unpaired) electrons. The summed E-state index contributed by atoms with van der Waals surface area (Å²) in [5, 5.41) is 15.2. The average molecular weight is 381 g/mol. The molecule has 2 aliphatic rings. The number of hydrogen-bond acceptors (Lipinski definition) is 7. The number of carbonyl (C=O) groups excluding carboxylic acids is 3. The van der Waals surface area contributed by atoms with Crippen molar-refractivity contribution < 1.29 is 19.5 Å². The van der Waals surface area contributed by atoms with E-state index in [1.165, 1.54) is 11.3 Å². The second-order valence-corrected chi connectivity index (χ2v) is 8.00. The Morgan fingerprint density at radius 2 is 2.00 bits per heavy atom. The molecule has 3 atom stereocenters. The molecule has 10 heteroatoms. The molecule has 1 fully saturated rings. The van der Waals surface area contributed by atoms with Gasteiger partial charge in [-0.1, -0.05) is 0 Å². The summed E-state index contributed by atoms with van der Waals surface area (Å²) in [5.41, 5.74) is 5.96. The molecule has 1 aromatic rings. The maximum atomic E-state index is 12.6. The zero-order valence-corrected chi connectivity index (χ0v) is 15.3. The second-order valence-electron chi connectivity index (χ2n) is 6.92. The zero-order valence-electron chi connectivity index (χ0n) is 14.5. The largest absolute Gasteiger partial charge is 0.396 e. The van der Waals surface area contributed by atoms with Gasteiger partial charge in [0.1, 0.15) is 0 Å². The van der Waals surface area contributed by atoms with Crippen molar-refractivity contribution in [2.75, 3.05) is 20.2 Å². The Labute approximate surface area is 155 Å². The highest BCUT2D eigenvalue weighted by Gasteiger charge is 2.37. The highest BCUT2D eigenvalue weighted by molar-refractivity contribution is 7.13. The Bertz CT molecular complexity index is 721. The molecule has 1 aromatic heterocycles. The molecule has 3 amide bonds. The highest BCUT2D eigenvalue weighted by Crippen LogP contribution is 2.28.